The molecule has 1 aliphatic rings. The first-order valence-corrected chi connectivity index (χ1v) is 8.33. The molecule has 1 amide bonds. The van der Waals surface area contributed by atoms with E-state index in [1.807, 2.05) is 0 Å². The third kappa shape index (κ3) is 5.01. The zero-order valence-corrected chi connectivity index (χ0v) is 14.2. The largest absolute Gasteiger partial charge is 0.381 e. The minimum Gasteiger partial charge on any atom is -0.381 e. The molecule has 134 valence electrons. The Hall–Kier alpha value is -1.96. The fourth-order valence-corrected chi connectivity index (χ4v) is 2.66. The summed E-state index contributed by atoms with van der Waals surface area (Å²) in [7, 11) is 0. The maximum Gasteiger partial charge on any atom is 0.273 e. The van der Waals surface area contributed by atoms with Crippen LogP contribution in [0.25, 0.3) is 0 Å². The van der Waals surface area contributed by atoms with Crippen molar-refractivity contribution in [2.45, 2.75) is 19.6 Å². The second-order valence-corrected chi connectivity index (χ2v) is 6.27. The number of benzene rings is 1. The van der Waals surface area contributed by atoms with Gasteiger partial charge in [-0.25, -0.2) is 4.39 Å². The van der Waals surface area contributed by atoms with Gasteiger partial charge in [0.05, 0.1) is 18.2 Å². The molecule has 1 saturated heterocycles. The summed E-state index contributed by atoms with van der Waals surface area (Å²) in [6.45, 7) is 2.36. The van der Waals surface area contributed by atoms with Crippen LogP contribution < -0.4 is 5.32 Å². The molecule has 1 aliphatic heterocycles. The molecule has 3 rings (SSSR count). The second kappa shape index (κ2) is 8.42. The molecule has 0 radical (unpaired) electrons. The molecule has 0 aliphatic carbocycles. The van der Waals surface area contributed by atoms with Gasteiger partial charge in [0.1, 0.15) is 12.4 Å². The van der Waals surface area contributed by atoms with Gasteiger partial charge < -0.3 is 19.3 Å². The molecular weight excluding hydrogens is 351 g/mol. The first kappa shape index (κ1) is 17.8. The molecule has 1 aromatic carbocycles. The summed E-state index contributed by atoms with van der Waals surface area (Å²) in [5.74, 6) is 0.0245. The number of ether oxygens (including phenoxy) is 2. The lowest BCUT2D eigenvalue weighted by molar-refractivity contribution is 0.0876. The van der Waals surface area contributed by atoms with Crippen LogP contribution in [0.3, 0.4) is 0 Å². The van der Waals surface area contributed by atoms with E-state index in [1.165, 1.54) is 18.2 Å². The van der Waals surface area contributed by atoms with Crippen LogP contribution in [0, 0.1) is 11.7 Å². The Morgan fingerprint density at radius 3 is 3.04 bits per heavy atom. The molecule has 0 spiro atoms. The monoisotopic (exact) mass is 368 g/mol. The maximum atomic E-state index is 13.1. The van der Waals surface area contributed by atoms with E-state index in [1.54, 1.807) is 6.07 Å². The first-order valence-electron chi connectivity index (χ1n) is 7.95. The summed E-state index contributed by atoms with van der Waals surface area (Å²) < 4.78 is 28.9. The number of carbonyl (C=O) groups excluding carboxylic acids is 1. The smallest absolute Gasteiger partial charge is 0.273 e. The molecule has 1 fully saturated rings. The summed E-state index contributed by atoms with van der Waals surface area (Å²) in [5.41, 5.74) is 0.949. The third-order valence-corrected chi connectivity index (χ3v) is 4.15. The van der Waals surface area contributed by atoms with E-state index in [2.05, 4.69) is 10.5 Å². The highest BCUT2D eigenvalue weighted by Crippen LogP contribution is 2.17. The Balaban J connectivity index is 1.44. The Labute approximate surface area is 149 Å². The van der Waals surface area contributed by atoms with E-state index in [9.17, 15) is 9.18 Å². The molecular formula is C17H18ClFN2O4. The van der Waals surface area contributed by atoms with Crippen molar-refractivity contribution >= 4 is 17.5 Å². The van der Waals surface area contributed by atoms with Gasteiger partial charge in [-0.15, -0.1) is 0 Å². The van der Waals surface area contributed by atoms with E-state index in [-0.39, 0.29) is 29.8 Å². The van der Waals surface area contributed by atoms with Crippen molar-refractivity contribution in [1.82, 2.24) is 10.5 Å². The molecule has 2 aromatic rings. The van der Waals surface area contributed by atoms with Gasteiger partial charge in [0.2, 0.25) is 0 Å². The lowest BCUT2D eigenvalue weighted by atomic mass is 10.1. The molecule has 25 heavy (non-hydrogen) atoms. The van der Waals surface area contributed by atoms with E-state index in [4.69, 9.17) is 25.6 Å². The maximum absolute atomic E-state index is 13.1. The summed E-state index contributed by atoms with van der Waals surface area (Å²) in [4.78, 5) is 12.0. The molecule has 1 unspecified atom stereocenters. The number of rotatable bonds is 7. The Morgan fingerprint density at radius 2 is 2.28 bits per heavy atom. The standard InChI is InChI=1S/C17H18ClFN2O4/c18-14-5-11(1-2-15(14)19)8-24-10-13-6-16(21-25-13)17(22)20-7-12-3-4-23-9-12/h1-2,5-6,12H,3-4,7-10H2,(H,20,22). The summed E-state index contributed by atoms with van der Waals surface area (Å²) in [5, 5.41) is 6.61. The van der Waals surface area contributed by atoms with Crippen LogP contribution in [0.5, 0.6) is 0 Å². The lowest BCUT2D eigenvalue weighted by Gasteiger charge is -2.07. The number of nitrogens with one attached hydrogen (secondary N) is 1. The van der Waals surface area contributed by atoms with Gasteiger partial charge in [-0.3, -0.25) is 4.79 Å². The van der Waals surface area contributed by atoms with Crippen LogP contribution >= 0.6 is 11.6 Å². The van der Waals surface area contributed by atoms with Crippen LogP contribution in [-0.4, -0.2) is 30.8 Å². The summed E-state index contributed by atoms with van der Waals surface area (Å²) >= 11 is 5.71. The molecule has 0 saturated carbocycles. The van der Waals surface area contributed by atoms with E-state index < -0.39 is 5.82 Å². The zero-order valence-electron chi connectivity index (χ0n) is 13.5. The van der Waals surface area contributed by atoms with Gasteiger partial charge in [-0.2, -0.15) is 0 Å². The average Bonchev–Trinajstić information content (AvgIpc) is 3.28. The second-order valence-electron chi connectivity index (χ2n) is 5.86. The molecule has 8 heteroatoms. The minimum atomic E-state index is -0.472. The number of nitrogens with zero attached hydrogens (tertiary/aromatic N) is 1. The summed E-state index contributed by atoms with van der Waals surface area (Å²) in [6, 6.07) is 5.92. The van der Waals surface area contributed by atoms with Crippen LogP contribution in [0.2, 0.25) is 5.02 Å². The van der Waals surface area contributed by atoms with Crippen molar-refractivity contribution in [3.63, 3.8) is 0 Å². The van der Waals surface area contributed by atoms with Crippen molar-refractivity contribution in [3.8, 4) is 0 Å². The minimum absolute atomic E-state index is 0.0485. The zero-order chi connectivity index (χ0) is 17.6. The van der Waals surface area contributed by atoms with Gasteiger partial charge in [-0.1, -0.05) is 22.8 Å². The average molecular weight is 369 g/mol. The highest BCUT2D eigenvalue weighted by atomic mass is 35.5. The fourth-order valence-electron chi connectivity index (χ4n) is 2.46. The Bertz CT molecular complexity index is 731. The van der Waals surface area contributed by atoms with E-state index in [0.29, 0.717) is 24.8 Å². The van der Waals surface area contributed by atoms with Crippen LogP contribution in [0.4, 0.5) is 4.39 Å². The van der Waals surface area contributed by atoms with Crippen LogP contribution in [0.1, 0.15) is 28.2 Å². The van der Waals surface area contributed by atoms with Gasteiger partial charge in [0.25, 0.3) is 5.91 Å². The van der Waals surface area contributed by atoms with Gasteiger partial charge in [-0.05, 0) is 24.1 Å². The quantitative estimate of drug-likeness (QED) is 0.813. The van der Waals surface area contributed by atoms with Crippen LogP contribution in [0.15, 0.2) is 28.8 Å². The van der Waals surface area contributed by atoms with Crippen molar-refractivity contribution in [2.75, 3.05) is 19.8 Å². The number of halogens is 2. The molecule has 2 heterocycles. The van der Waals surface area contributed by atoms with E-state index in [0.717, 1.165) is 18.6 Å². The predicted octanol–water partition coefficient (Wildman–Crippen LogP) is 2.95. The van der Waals surface area contributed by atoms with Crippen molar-refractivity contribution in [1.29, 1.82) is 0 Å². The number of carbonyl (C=O) groups is 1. The van der Waals surface area contributed by atoms with Crippen molar-refractivity contribution in [3.05, 3.63) is 52.1 Å². The number of aromatic nitrogens is 1. The highest BCUT2D eigenvalue weighted by Gasteiger charge is 2.18. The molecule has 1 N–H and O–H groups in total. The molecule has 1 atom stereocenters. The summed E-state index contributed by atoms with van der Waals surface area (Å²) in [6.07, 6.45) is 0.950. The van der Waals surface area contributed by atoms with Gasteiger partial charge in [0, 0.05) is 25.1 Å². The topological polar surface area (TPSA) is 73.6 Å². The normalized spacial score (nSPS) is 17.0. The number of amides is 1. The first-order chi connectivity index (χ1) is 12.1. The SMILES string of the molecule is O=C(NCC1CCOC1)c1cc(COCc2ccc(F)c(Cl)c2)on1. The highest BCUT2D eigenvalue weighted by molar-refractivity contribution is 6.30. The molecule has 6 nitrogen and oxygen atoms in total. The number of hydrogen-bond acceptors (Lipinski definition) is 5. The predicted molar refractivity (Wildman–Crippen MR) is 87.7 cm³/mol. The van der Waals surface area contributed by atoms with Crippen LogP contribution in [-0.2, 0) is 22.7 Å². The fraction of sp³-hybridized carbons (Fsp3) is 0.412. The molecule has 1 aromatic heterocycles. The van der Waals surface area contributed by atoms with Crippen molar-refractivity contribution in [2.24, 2.45) is 5.92 Å². The van der Waals surface area contributed by atoms with Gasteiger partial charge in [0.15, 0.2) is 11.5 Å². The van der Waals surface area contributed by atoms with Crippen molar-refractivity contribution < 1.29 is 23.2 Å². The number of hydrogen-bond donors (Lipinski definition) is 1. The Kier molecular flexibility index (Phi) is 6.01. The third-order valence-electron chi connectivity index (χ3n) is 3.86. The van der Waals surface area contributed by atoms with E-state index >= 15 is 0 Å². The lowest BCUT2D eigenvalue weighted by Crippen LogP contribution is -2.29. The molecule has 0 bridgehead atoms. The van der Waals surface area contributed by atoms with Gasteiger partial charge >= 0.3 is 0 Å². The Morgan fingerprint density at radius 1 is 1.40 bits per heavy atom.